The van der Waals surface area contributed by atoms with Crippen molar-refractivity contribution in [2.75, 3.05) is 12.9 Å². The summed E-state index contributed by atoms with van der Waals surface area (Å²) in [6.07, 6.45) is 8.41. The van der Waals surface area contributed by atoms with E-state index in [1.165, 1.54) is 19.3 Å². The largest absolute Gasteiger partial charge is 0.378 e. The number of carbonyl (C=O) groups is 1. The lowest BCUT2D eigenvalue weighted by atomic mass is 9.52. The van der Waals surface area contributed by atoms with E-state index in [4.69, 9.17) is 10.00 Å². The summed E-state index contributed by atoms with van der Waals surface area (Å²) in [7, 11) is 1.86. The van der Waals surface area contributed by atoms with Crippen molar-refractivity contribution in [3.63, 3.8) is 0 Å². The summed E-state index contributed by atoms with van der Waals surface area (Å²) in [4.78, 5) is 13.5. The first-order valence-electron chi connectivity index (χ1n) is 11.6. The van der Waals surface area contributed by atoms with Crippen molar-refractivity contribution in [2.45, 2.75) is 62.1 Å². The SMILES string of the molecule is CCCSc1c(C(=O)NC2[C@@H]3CC4C[C@H]2CC(OC)(C4)C3)cnn1-c1ccc(C#N)cc1. The standard InChI is InChI=1S/C25H30N4O2S/c1-3-8-32-24-21(15-27-29(24)20-6-4-16(14-26)5-7-20)23(30)28-22-18-9-17-10-19(22)13-25(11-17,12-18)31-2/h4-7,15,17-19,22H,3,8-13H2,1-2H3,(H,28,30)/t17?,18-,19+,22?,25?. The zero-order valence-corrected chi connectivity index (χ0v) is 19.5. The van der Waals surface area contributed by atoms with E-state index in [2.05, 4.69) is 23.4 Å². The molecule has 7 heteroatoms. The Morgan fingerprint density at radius 1 is 1.28 bits per heavy atom. The summed E-state index contributed by atoms with van der Waals surface area (Å²) in [5.74, 6) is 2.65. The molecule has 0 spiro atoms. The van der Waals surface area contributed by atoms with Crippen LogP contribution < -0.4 is 5.32 Å². The summed E-state index contributed by atoms with van der Waals surface area (Å²) in [6, 6.07) is 9.70. The molecular formula is C25H30N4O2S. The number of aromatic nitrogens is 2. The smallest absolute Gasteiger partial charge is 0.255 e. The molecule has 1 heterocycles. The van der Waals surface area contributed by atoms with Crippen LogP contribution in [-0.4, -0.2) is 40.2 Å². The molecule has 0 radical (unpaired) electrons. The molecule has 6 nitrogen and oxygen atoms in total. The van der Waals surface area contributed by atoms with E-state index in [0.717, 1.165) is 41.6 Å². The predicted octanol–water partition coefficient (Wildman–Crippen LogP) is 4.57. The minimum absolute atomic E-state index is 0.0209. The first kappa shape index (κ1) is 21.5. The minimum atomic E-state index is -0.0209. The van der Waals surface area contributed by atoms with Gasteiger partial charge in [0.05, 0.1) is 34.7 Å². The van der Waals surface area contributed by atoms with Gasteiger partial charge in [0.25, 0.3) is 5.91 Å². The highest BCUT2D eigenvalue weighted by Gasteiger charge is 2.56. The number of nitriles is 1. The van der Waals surface area contributed by atoms with Crippen LogP contribution in [0, 0.1) is 29.1 Å². The Kier molecular flexibility index (Phi) is 5.77. The van der Waals surface area contributed by atoms with Gasteiger partial charge in [0.2, 0.25) is 0 Å². The van der Waals surface area contributed by atoms with Gasteiger partial charge in [-0.15, -0.1) is 11.8 Å². The van der Waals surface area contributed by atoms with Crippen molar-refractivity contribution in [1.82, 2.24) is 15.1 Å². The fourth-order valence-electron chi connectivity index (χ4n) is 6.36. The zero-order chi connectivity index (χ0) is 22.3. The third-order valence-electron chi connectivity index (χ3n) is 7.60. The van der Waals surface area contributed by atoms with Gasteiger partial charge in [-0.3, -0.25) is 4.79 Å². The maximum atomic E-state index is 13.5. The molecule has 0 aliphatic heterocycles. The van der Waals surface area contributed by atoms with Crippen LogP contribution in [0.4, 0.5) is 0 Å². The Hall–Kier alpha value is -2.30. The summed E-state index contributed by atoms with van der Waals surface area (Å²) in [6.45, 7) is 2.13. The number of nitrogens with one attached hydrogen (secondary N) is 1. The van der Waals surface area contributed by atoms with Gasteiger partial charge in [0.15, 0.2) is 0 Å². The molecule has 0 saturated heterocycles. The molecule has 1 aromatic carbocycles. The maximum Gasteiger partial charge on any atom is 0.255 e. The molecule has 3 unspecified atom stereocenters. The molecule has 4 fully saturated rings. The number of ether oxygens (including phenoxy) is 1. The van der Waals surface area contributed by atoms with Crippen LogP contribution in [0.15, 0.2) is 35.5 Å². The highest BCUT2D eigenvalue weighted by molar-refractivity contribution is 7.99. The second-order valence-electron chi connectivity index (χ2n) is 9.64. The van der Waals surface area contributed by atoms with E-state index in [1.807, 2.05) is 23.9 Å². The number of hydrogen-bond acceptors (Lipinski definition) is 5. The zero-order valence-electron chi connectivity index (χ0n) is 18.7. The van der Waals surface area contributed by atoms with Crippen molar-refractivity contribution in [3.8, 4) is 11.8 Å². The van der Waals surface area contributed by atoms with Crippen molar-refractivity contribution in [3.05, 3.63) is 41.6 Å². The van der Waals surface area contributed by atoms with Crippen LogP contribution in [-0.2, 0) is 4.74 Å². The number of methoxy groups -OCH3 is 1. The Morgan fingerprint density at radius 2 is 2.00 bits per heavy atom. The lowest BCUT2D eigenvalue weighted by molar-refractivity contribution is -0.156. The van der Waals surface area contributed by atoms with Crippen molar-refractivity contribution >= 4 is 17.7 Å². The van der Waals surface area contributed by atoms with Gasteiger partial charge in [-0.2, -0.15) is 10.4 Å². The number of nitrogens with zero attached hydrogens (tertiary/aromatic N) is 3. The molecule has 2 aromatic rings. The van der Waals surface area contributed by atoms with Gasteiger partial charge in [-0.1, -0.05) is 6.92 Å². The lowest BCUT2D eigenvalue weighted by Gasteiger charge is -2.59. The average molecular weight is 451 g/mol. The number of thioether (sulfide) groups is 1. The molecule has 32 heavy (non-hydrogen) atoms. The maximum absolute atomic E-state index is 13.5. The van der Waals surface area contributed by atoms with E-state index >= 15 is 0 Å². The van der Waals surface area contributed by atoms with Gasteiger partial charge in [-0.05, 0) is 86.3 Å². The van der Waals surface area contributed by atoms with E-state index < -0.39 is 0 Å². The average Bonchev–Trinajstić information content (AvgIpc) is 3.23. The first-order valence-corrected chi connectivity index (χ1v) is 12.6. The molecule has 4 aliphatic carbocycles. The molecule has 6 rings (SSSR count). The van der Waals surface area contributed by atoms with Crippen molar-refractivity contribution < 1.29 is 9.53 Å². The van der Waals surface area contributed by atoms with E-state index in [0.29, 0.717) is 23.0 Å². The van der Waals surface area contributed by atoms with Gasteiger partial charge in [0, 0.05) is 13.2 Å². The second-order valence-corrected chi connectivity index (χ2v) is 10.7. The highest BCUT2D eigenvalue weighted by atomic mass is 32.2. The van der Waals surface area contributed by atoms with Crippen LogP contribution in [0.3, 0.4) is 0 Å². The fourth-order valence-corrected chi connectivity index (χ4v) is 7.33. The summed E-state index contributed by atoms with van der Waals surface area (Å²) in [5.41, 5.74) is 2.15. The summed E-state index contributed by atoms with van der Waals surface area (Å²) in [5, 5.41) is 17.9. The normalized spacial score (nSPS) is 30.3. The molecule has 1 N–H and O–H groups in total. The van der Waals surface area contributed by atoms with E-state index in [9.17, 15) is 4.79 Å². The monoisotopic (exact) mass is 450 g/mol. The molecule has 4 saturated carbocycles. The molecule has 4 aliphatic rings. The van der Waals surface area contributed by atoms with Gasteiger partial charge >= 0.3 is 0 Å². The van der Waals surface area contributed by atoms with Crippen LogP contribution in [0.25, 0.3) is 5.69 Å². The number of rotatable bonds is 7. The van der Waals surface area contributed by atoms with Gasteiger partial charge in [0.1, 0.15) is 5.03 Å². The molecule has 4 bridgehead atoms. The third-order valence-corrected chi connectivity index (χ3v) is 8.88. The molecule has 1 amide bonds. The quantitative estimate of drug-likeness (QED) is 0.625. The van der Waals surface area contributed by atoms with Crippen LogP contribution >= 0.6 is 11.8 Å². The highest BCUT2D eigenvalue weighted by Crippen LogP contribution is 2.57. The van der Waals surface area contributed by atoms with E-state index in [-0.39, 0.29) is 17.6 Å². The molecule has 168 valence electrons. The number of amides is 1. The Bertz CT molecular complexity index is 1030. The third kappa shape index (κ3) is 3.74. The number of hydrogen-bond donors (Lipinski definition) is 1. The summed E-state index contributed by atoms with van der Waals surface area (Å²) >= 11 is 1.66. The Labute approximate surface area is 193 Å². The first-order chi connectivity index (χ1) is 15.6. The minimum Gasteiger partial charge on any atom is -0.378 e. The molecule has 1 aromatic heterocycles. The Morgan fingerprint density at radius 3 is 2.62 bits per heavy atom. The molecule has 5 atom stereocenters. The number of benzene rings is 1. The van der Waals surface area contributed by atoms with Crippen molar-refractivity contribution in [2.24, 2.45) is 17.8 Å². The number of carbonyl (C=O) groups excluding carboxylic acids is 1. The fraction of sp³-hybridized carbons (Fsp3) is 0.560. The van der Waals surface area contributed by atoms with Crippen LogP contribution in [0.1, 0.15) is 61.4 Å². The Balaban J connectivity index is 1.39. The van der Waals surface area contributed by atoms with Gasteiger partial charge in [-0.25, -0.2) is 4.68 Å². The van der Waals surface area contributed by atoms with Crippen LogP contribution in [0.2, 0.25) is 0 Å². The topological polar surface area (TPSA) is 79.9 Å². The predicted molar refractivity (Wildman–Crippen MR) is 124 cm³/mol. The lowest BCUT2D eigenvalue weighted by Crippen LogP contribution is -2.62. The second kappa shape index (κ2) is 8.57. The molecular weight excluding hydrogens is 420 g/mol. The van der Waals surface area contributed by atoms with E-state index in [1.54, 1.807) is 30.1 Å². The van der Waals surface area contributed by atoms with Crippen molar-refractivity contribution in [1.29, 1.82) is 5.26 Å². The van der Waals surface area contributed by atoms with Crippen LogP contribution in [0.5, 0.6) is 0 Å². The summed E-state index contributed by atoms with van der Waals surface area (Å²) < 4.78 is 7.80. The van der Waals surface area contributed by atoms with Gasteiger partial charge < -0.3 is 10.1 Å².